The first-order chi connectivity index (χ1) is 10.2. The van der Waals surface area contributed by atoms with Crippen LogP contribution in [0.25, 0.3) is 5.69 Å². The number of phenols is 1. The Morgan fingerprint density at radius 1 is 1.14 bits per heavy atom. The molecule has 0 aliphatic carbocycles. The first-order valence-electron chi connectivity index (χ1n) is 6.85. The molecule has 4 heteroatoms. The molecule has 0 aliphatic rings. The molecular weight excluding hydrogens is 262 g/mol. The normalized spacial score (nSPS) is 10.5. The third-order valence-corrected chi connectivity index (χ3v) is 3.41. The van der Waals surface area contributed by atoms with Crippen molar-refractivity contribution in [3.63, 3.8) is 0 Å². The molecule has 21 heavy (non-hydrogen) atoms. The Hall–Kier alpha value is -2.75. The van der Waals surface area contributed by atoms with Gasteiger partial charge in [0.25, 0.3) is 0 Å². The topological polar surface area (TPSA) is 50.1 Å². The van der Waals surface area contributed by atoms with Crippen molar-refractivity contribution in [3.05, 3.63) is 72.1 Å². The molecule has 3 aromatic rings. The highest BCUT2D eigenvalue weighted by Crippen LogP contribution is 2.21. The minimum Gasteiger partial charge on any atom is -0.508 e. The lowest BCUT2D eigenvalue weighted by Gasteiger charge is -2.09. The molecule has 1 heterocycles. The van der Waals surface area contributed by atoms with E-state index in [0.717, 1.165) is 16.9 Å². The summed E-state index contributed by atoms with van der Waals surface area (Å²) >= 11 is 0. The molecule has 0 spiro atoms. The monoisotopic (exact) mass is 279 g/mol. The molecule has 0 saturated carbocycles. The van der Waals surface area contributed by atoms with Gasteiger partial charge in [-0.2, -0.15) is 5.10 Å². The van der Waals surface area contributed by atoms with Gasteiger partial charge in [-0.3, -0.25) is 0 Å². The largest absolute Gasteiger partial charge is 0.508 e. The summed E-state index contributed by atoms with van der Waals surface area (Å²) in [5.41, 5.74) is 4.00. The van der Waals surface area contributed by atoms with Gasteiger partial charge in [0.2, 0.25) is 0 Å². The van der Waals surface area contributed by atoms with Gasteiger partial charge < -0.3 is 10.4 Å². The van der Waals surface area contributed by atoms with Gasteiger partial charge in [0.15, 0.2) is 0 Å². The number of anilines is 1. The number of hydrogen-bond acceptors (Lipinski definition) is 3. The Labute approximate surface area is 123 Å². The maximum Gasteiger partial charge on any atom is 0.120 e. The lowest BCUT2D eigenvalue weighted by molar-refractivity contribution is 0.471. The molecule has 106 valence electrons. The predicted octanol–water partition coefficient (Wildman–Crippen LogP) is 3.50. The fourth-order valence-electron chi connectivity index (χ4n) is 2.11. The fourth-order valence-corrected chi connectivity index (χ4v) is 2.11. The second kappa shape index (κ2) is 5.71. The standard InChI is InChI=1S/C17H17N3O/c1-13-3-6-15(11-17(13)21)18-12-14-4-7-16(8-5-14)20-10-2-9-19-20/h2-11,18,21H,12H2,1H3. The number of nitrogens with one attached hydrogen (secondary N) is 1. The van der Waals surface area contributed by atoms with E-state index < -0.39 is 0 Å². The molecule has 2 aromatic carbocycles. The van der Waals surface area contributed by atoms with Crippen LogP contribution in [-0.2, 0) is 6.54 Å². The summed E-state index contributed by atoms with van der Waals surface area (Å²) in [4.78, 5) is 0. The van der Waals surface area contributed by atoms with Gasteiger partial charge in [-0.05, 0) is 42.3 Å². The van der Waals surface area contributed by atoms with Crippen molar-refractivity contribution in [3.8, 4) is 11.4 Å². The Kier molecular flexibility index (Phi) is 3.60. The molecule has 0 saturated heterocycles. The Balaban J connectivity index is 1.66. The maximum atomic E-state index is 9.69. The van der Waals surface area contributed by atoms with Crippen molar-refractivity contribution in [1.29, 1.82) is 0 Å². The van der Waals surface area contributed by atoms with E-state index in [1.165, 1.54) is 5.56 Å². The van der Waals surface area contributed by atoms with Crippen LogP contribution in [0.4, 0.5) is 5.69 Å². The lowest BCUT2D eigenvalue weighted by atomic mass is 10.2. The second-order valence-corrected chi connectivity index (χ2v) is 4.97. The van der Waals surface area contributed by atoms with Crippen LogP contribution in [0.2, 0.25) is 0 Å². The van der Waals surface area contributed by atoms with Crippen LogP contribution in [0.15, 0.2) is 60.9 Å². The van der Waals surface area contributed by atoms with Crippen molar-refractivity contribution in [2.24, 2.45) is 0 Å². The van der Waals surface area contributed by atoms with Crippen LogP contribution >= 0.6 is 0 Å². The molecule has 1 aromatic heterocycles. The van der Waals surface area contributed by atoms with E-state index in [1.54, 1.807) is 12.3 Å². The zero-order valence-electron chi connectivity index (χ0n) is 11.8. The summed E-state index contributed by atoms with van der Waals surface area (Å²) in [6, 6.07) is 15.7. The summed E-state index contributed by atoms with van der Waals surface area (Å²) in [5.74, 6) is 0.314. The highest BCUT2D eigenvalue weighted by atomic mass is 16.3. The number of benzene rings is 2. The number of phenolic OH excluding ortho intramolecular Hbond substituents is 1. The Bertz CT molecular complexity index is 718. The van der Waals surface area contributed by atoms with E-state index in [9.17, 15) is 5.11 Å². The molecule has 3 rings (SSSR count). The highest BCUT2D eigenvalue weighted by molar-refractivity contribution is 5.51. The van der Waals surface area contributed by atoms with Gasteiger partial charge in [-0.25, -0.2) is 4.68 Å². The molecule has 0 aliphatic heterocycles. The van der Waals surface area contributed by atoms with Crippen molar-refractivity contribution < 1.29 is 5.11 Å². The summed E-state index contributed by atoms with van der Waals surface area (Å²) < 4.78 is 1.83. The number of aromatic hydroxyl groups is 1. The van der Waals surface area contributed by atoms with E-state index in [1.807, 2.05) is 48.1 Å². The molecule has 0 bridgehead atoms. The molecule has 2 N–H and O–H groups in total. The van der Waals surface area contributed by atoms with Crippen LogP contribution in [0.1, 0.15) is 11.1 Å². The van der Waals surface area contributed by atoms with Gasteiger partial charge in [0, 0.05) is 30.7 Å². The fraction of sp³-hybridized carbons (Fsp3) is 0.118. The molecule has 0 unspecified atom stereocenters. The molecule has 0 radical (unpaired) electrons. The number of rotatable bonds is 4. The number of nitrogens with zero attached hydrogens (tertiary/aromatic N) is 2. The van der Waals surface area contributed by atoms with Crippen LogP contribution in [-0.4, -0.2) is 14.9 Å². The van der Waals surface area contributed by atoms with Crippen molar-refractivity contribution >= 4 is 5.69 Å². The Morgan fingerprint density at radius 2 is 1.95 bits per heavy atom. The van der Waals surface area contributed by atoms with Crippen LogP contribution < -0.4 is 5.32 Å². The van der Waals surface area contributed by atoms with Gasteiger partial charge >= 0.3 is 0 Å². The number of hydrogen-bond donors (Lipinski definition) is 2. The third-order valence-electron chi connectivity index (χ3n) is 3.41. The van der Waals surface area contributed by atoms with Crippen molar-refractivity contribution in [1.82, 2.24) is 9.78 Å². The average molecular weight is 279 g/mol. The van der Waals surface area contributed by atoms with Crippen LogP contribution in [0.5, 0.6) is 5.75 Å². The smallest absolute Gasteiger partial charge is 0.120 e. The quantitative estimate of drug-likeness (QED) is 0.768. The first kappa shape index (κ1) is 13.2. The zero-order chi connectivity index (χ0) is 14.7. The molecular formula is C17H17N3O. The summed E-state index contributed by atoms with van der Waals surface area (Å²) in [6.07, 6.45) is 3.68. The summed E-state index contributed by atoms with van der Waals surface area (Å²) in [7, 11) is 0. The van der Waals surface area contributed by atoms with Crippen molar-refractivity contribution in [2.75, 3.05) is 5.32 Å². The van der Waals surface area contributed by atoms with Gasteiger partial charge in [0.05, 0.1) is 5.69 Å². The van der Waals surface area contributed by atoms with E-state index in [0.29, 0.717) is 12.3 Å². The Morgan fingerprint density at radius 3 is 2.62 bits per heavy atom. The number of aryl methyl sites for hydroxylation is 1. The zero-order valence-corrected chi connectivity index (χ0v) is 11.8. The van der Waals surface area contributed by atoms with E-state index in [4.69, 9.17) is 0 Å². The third kappa shape index (κ3) is 3.05. The molecule has 0 atom stereocenters. The van der Waals surface area contributed by atoms with E-state index in [-0.39, 0.29) is 0 Å². The van der Waals surface area contributed by atoms with E-state index in [2.05, 4.69) is 22.5 Å². The predicted molar refractivity (Wildman–Crippen MR) is 83.7 cm³/mol. The molecule has 4 nitrogen and oxygen atoms in total. The average Bonchev–Trinajstić information content (AvgIpc) is 3.03. The number of aromatic nitrogens is 2. The summed E-state index contributed by atoms with van der Waals surface area (Å²) in [6.45, 7) is 2.59. The maximum absolute atomic E-state index is 9.69. The van der Waals surface area contributed by atoms with Gasteiger partial charge in [0.1, 0.15) is 5.75 Å². The van der Waals surface area contributed by atoms with Crippen molar-refractivity contribution in [2.45, 2.75) is 13.5 Å². The van der Waals surface area contributed by atoms with E-state index >= 15 is 0 Å². The summed E-state index contributed by atoms with van der Waals surface area (Å²) in [5, 5.41) is 17.2. The minimum atomic E-state index is 0.314. The molecule has 0 amide bonds. The molecule has 0 fully saturated rings. The minimum absolute atomic E-state index is 0.314. The SMILES string of the molecule is Cc1ccc(NCc2ccc(-n3cccn3)cc2)cc1O. The lowest BCUT2D eigenvalue weighted by Crippen LogP contribution is -2.00. The van der Waals surface area contributed by atoms with Crippen LogP contribution in [0, 0.1) is 6.92 Å². The van der Waals surface area contributed by atoms with Crippen LogP contribution in [0.3, 0.4) is 0 Å². The second-order valence-electron chi connectivity index (χ2n) is 4.97. The highest BCUT2D eigenvalue weighted by Gasteiger charge is 2.00. The van der Waals surface area contributed by atoms with Gasteiger partial charge in [-0.15, -0.1) is 0 Å². The first-order valence-corrected chi connectivity index (χ1v) is 6.85. The van der Waals surface area contributed by atoms with Gasteiger partial charge in [-0.1, -0.05) is 18.2 Å².